The van der Waals surface area contributed by atoms with Crippen molar-refractivity contribution in [2.45, 2.75) is 25.7 Å². The number of methoxy groups -OCH3 is 2. The van der Waals surface area contributed by atoms with E-state index < -0.39 is 32.9 Å². The Labute approximate surface area is 198 Å². The van der Waals surface area contributed by atoms with Crippen LogP contribution in [0.4, 0.5) is 0 Å². The molecule has 1 aromatic carbocycles. The smallest absolute Gasteiger partial charge is 0.170 e. The van der Waals surface area contributed by atoms with Gasteiger partial charge in [0.2, 0.25) is 0 Å². The predicted octanol–water partition coefficient (Wildman–Crippen LogP) is 1.97. The summed E-state index contributed by atoms with van der Waals surface area (Å²) in [6.45, 7) is 4.35. The van der Waals surface area contributed by atoms with Gasteiger partial charge in [-0.25, -0.2) is 8.42 Å². The lowest BCUT2D eigenvalue weighted by molar-refractivity contribution is -0.154. The van der Waals surface area contributed by atoms with Crippen molar-refractivity contribution in [2.75, 3.05) is 33.2 Å². The quantitative estimate of drug-likeness (QED) is 0.481. The molecule has 1 fully saturated rings. The minimum absolute atomic E-state index is 0.168. The van der Waals surface area contributed by atoms with Gasteiger partial charge in [0.25, 0.3) is 0 Å². The summed E-state index contributed by atoms with van der Waals surface area (Å²) in [5, 5.41) is 19.1. The molecule has 0 aliphatic carbocycles. The summed E-state index contributed by atoms with van der Waals surface area (Å²) in [5.74, 6) is 0.627. The van der Waals surface area contributed by atoms with Gasteiger partial charge >= 0.3 is 0 Å². The highest BCUT2D eigenvalue weighted by Crippen LogP contribution is 2.37. The third-order valence-corrected chi connectivity index (χ3v) is 7.44. The molecule has 1 atom stereocenters. The van der Waals surface area contributed by atoms with Crippen LogP contribution < -0.4 is 9.47 Å². The molecular formula is C23H28N4O6S. The third-order valence-electron chi connectivity index (χ3n) is 5.92. The standard InChI is InChI=1S/C23H28N4O6S/c1-15-8-16(10-24-9-15)22-26-25-20(12-34(29,30)11-19(28)23(2)13-33-14-23)27(22)21-17(31-3)6-5-7-18(21)32-4/h5-10,19,28H,11-14H2,1-4H3/t19-/m0/s1. The zero-order chi connectivity index (χ0) is 24.5. The number of para-hydroxylation sites is 1. The second kappa shape index (κ2) is 9.32. The highest BCUT2D eigenvalue weighted by atomic mass is 32.2. The van der Waals surface area contributed by atoms with Gasteiger partial charge in [0, 0.05) is 23.4 Å². The van der Waals surface area contributed by atoms with E-state index in [9.17, 15) is 13.5 Å². The van der Waals surface area contributed by atoms with Gasteiger partial charge in [-0.3, -0.25) is 9.55 Å². The van der Waals surface area contributed by atoms with Gasteiger partial charge < -0.3 is 19.3 Å². The molecule has 0 amide bonds. The molecule has 0 radical (unpaired) electrons. The van der Waals surface area contributed by atoms with Crippen molar-refractivity contribution in [2.24, 2.45) is 5.41 Å². The van der Waals surface area contributed by atoms with Gasteiger partial charge in [-0.05, 0) is 30.7 Å². The fraction of sp³-hybridized carbons (Fsp3) is 0.435. The zero-order valence-corrected chi connectivity index (χ0v) is 20.4. The van der Waals surface area contributed by atoms with Crippen LogP contribution in [0.5, 0.6) is 11.5 Å². The van der Waals surface area contributed by atoms with Crippen LogP contribution in [0.1, 0.15) is 18.3 Å². The molecule has 3 heterocycles. The molecule has 4 rings (SSSR count). The Bertz CT molecular complexity index is 1260. The molecule has 0 saturated carbocycles. The van der Waals surface area contributed by atoms with Crippen molar-refractivity contribution in [1.29, 1.82) is 0 Å². The van der Waals surface area contributed by atoms with E-state index in [2.05, 4.69) is 15.2 Å². The molecule has 3 aromatic rings. The number of pyridine rings is 1. The first-order valence-electron chi connectivity index (χ1n) is 10.7. The lowest BCUT2D eigenvalue weighted by atomic mass is 9.83. The summed E-state index contributed by atoms with van der Waals surface area (Å²) in [6.07, 6.45) is 2.30. The molecule has 1 N–H and O–H groups in total. The molecule has 1 aliphatic heterocycles. The molecule has 11 heteroatoms. The first-order valence-corrected chi connectivity index (χ1v) is 12.5. The van der Waals surface area contributed by atoms with E-state index in [0.29, 0.717) is 41.8 Å². The number of aryl methyl sites for hydroxylation is 1. The van der Waals surface area contributed by atoms with Crippen LogP contribution in [0.25, 0.3) is 17.1 Å². The summed E-state index contributed by atoms with van der Waals surface area (Å²) in [6, 6.07) is 7.15. The average molecular weight is 489 g/mol. The molecule has 0 spiro atoms. The molecule has 1 aliphatic rings. The van der Waals surface area contributed by atoms with E-state index in [1.807, 2.05) is 19.9 Å². The van der Waals surface area contributed by atoms with Crippen LogP contribution in [0.3, 0.4) is 0 Å². The fourth-order valence-corrected chi connectivity index (χ4v) is 5.46. The summed E-state index contributed by atoms with van der Waals surface area (Å²) in [5.41, 5.74) is 1.46. The Morgan fingerprint density at radius 3 is 2.41 bits per heavy atom. The normalized spacial score (nSPS) is 16.0. The maximum atomic E-state index is 13.1. The van der Waals surface area contributed by atoms with Crippen LogP contribution in [-0.4, -0.2) is 72.6 Å². The van der Waals surface area contributed by atoms with E-state index in [1.54, 1.807) is 35.2 Å². The first-order chi connectivity index (χ1) is 16.2. The average Bonchev–Trinajstić information content (AvgIpc) is 3.18. The summed E-state index contributed by atoms with van der Waals surface area (Å²) in [7, 11) is -0.729. The number of nitrogens with zero attached hydrogens (tertiary/aromatic N) is 4. The molecule has 10 nitrogen and oxygen atoms in total. The lowest BCUT2D eigenvalue weighted by Gasteiger charge is -2.41. The van der Waals surface area contributed by atoms with Crippen molar-refractivity contribution in [3.05, 3.63) is 48.0 Å². The molecule has 0 unspecified atom stereocenters. The van der Waals surface area contributed by atoms with Gasteiger partial charge in [0.15, 0.2) is 21.5 Å². The number of sulfone groups is 1. The number of benzene rings is 1. The van der Waals surface area contributed by atoms with Crippen molar-refractivity contribution >= 4 is 9.84 Å². The number of aromatic nitrogens is 4. The molecule has 2 aromatic heterocycles. The maximum absolute atomic E-state index is 13.1. The predicted molar refractivity (Wildman–Crippen MR) is 125 cm³/mol. The van der Waals surface area contributed by atoms with Crippen molar-refractivity contribution in [3.8, 4) is 28.6 Å². The number of hydrogen-bond donors (Lipinski definition) is 1. The Morgan fingerprint density at radius 1 is 1.18 bits per heavy atom. The van der Waals surface area contributed by atoms with Gasteiger partial charge in [0.1, 0.15) is 22.9 Å². The molecular weight excluding hydrogens is 460 g/mol. The Morgan fingerprint density at radius 2 is 1.85 bits per heavy atom. The summed E-state index contributed by atoms with van der Waals surface area (Å²) < 4.78 is 44.2. The number of ether oxygens (including phenoxy) is 3. The maximum Gasteiger partial charge on any atom is 0.170 e. The summed E-state index contributed by atoms with van der Waals surface area (Å²) in [4.78, 5) is 4.24. The van der Waals surface area contributed by atoms with Crippen LogP contribution >= 0.6 is 0 Å². The molecule has 34 heavy (non-hydrogen) atoms. The first kappa shape index (κ1) is 24.1. The van der Waals surface area contributed by atoms with Crippen LogP contribution in [0.15, 0.2) is 36.7 Å². The fourth-order valence-electron chi connectivity index (χ4n) is 3.87. The highest BCUT2D eigenvalue weighted by molar-refractivity contribution is 7.90. The minimum Gasteiger partial charge on any atom is -0.494 e. The zero-order valence-electron chi connectivity index (χ0n) is 19.6. The van der Waals surface area contributed by atoms with E-state index in [-0.39, 0.29) is 5.82 Å². The van der Waals surface area contributed by atoms with Crippen LogP contribution in [0, 0.1) is 12.3 Å². The van der Waals surface area contributed by atoms with E-state index in [4.69, 9.17) is 14.2 Å². The van der Waals surface area contributed by atoms with Crippen molar-refractivity contribution in [1.82, 2.24) is 19.7 Å². The number of aliphatic hydroxyl groups excluding tert-OH is 1. The van der Waals surface area contributed by atoms with Gasteiger partial charge in [-0.2, -0.15) is 0 Å². The number of hydrogen-bond acceptors (Lipinski definition) is 9. The molecule has 0 bridgehead atoms. The monoisotopic (exact) mass is 488 g/mol. The van der Waals surface area contributed by atoms with Crippen LogP contribution in [-0.2, 0) is 20.3 Å². The lowest BCUT2D eigenvalue weighted by Crippen LogP contribution is -2.51. The van der Waals surface area contributed by atoms with Gasteiger partial charge in [0.05, 0.1) is 39.3 Å². The van der Waals surface area contributed by atoms with Crippen LogP contribution in [0.2, 0.25) is 0 Å². The minimum atomic E-state index is -3.77. The van der Waals surface area contributed by atoms with Gasteiger partial charge in [-0.1, -0.05) is 13.0 Å². The number of aliphatic hydroxyl groups is 1. The van der Waals surface area contributed by atoms with Crippen molar-refractivity contribution in [3.63, 3.8) is 0 Å². The molecule has 182 valence electrons. The topological polar surface area (TPSA) is 126 Å². The van der Waals surface area contributed by atoms with Crippen molar-refractivity contribution < 1.29 is 27.7 Å². The molecule has 1 saturated heterocycles. The largest absolute Gasteiger partial charge is 0.494 e. The van der Waals surface area contributed by atoms with E-state index in [0.717, 1.165) is 5.56 Å². The Balaban J connectivity index is 1.82. The second-order valence-corrected chi connectivity index (χ2v) is 10.9. The third kappa shape index (κ3) is 4.63. The van der Waals surface area contributed by atoms with E-state index in [1.165, 1.54) is 14.2 Å². The summed E-state index contributed by atoms with van der Waals surface area (Å²) >= 11 is 0. The van der Waals surface area contributed by atoms with Gasteiger partial charge in [-0.15, -0.1) is 10.2 Å². The number of rotatable bonds is 9. The second-order valence-electron chi connectivity index (χ2n) is 8.75. The SMILES string of the molecule is COc1cccc(OC)c1-n1c(CS(=O)(=O)C[C@H](O)C2(C)COC2)nnc1-c1cncc(C)c1. The Hall–Kier alpha value is -3.02. The Kier molecular flexibility index (Phi) is 6.61. The highest BCUT2D eigenvalue weighted by Gasteiger charge is 2.42. The van der Waals surface area contributed by atoms with E-state index >= 15 is 0 Å².